The first kappa shape index (κ1) is 49.0. The quantitative estimate of drug-likeness (QED) is 0.0640. The summed E-state index contributed by atoms with van der Waals surface area (Å²) >= 11 is 3.56. The number of hydrogen-bond donors (Lipinski definition) is 2. The molecule has 0 saturated heterocycles. The van der Waals surface area contributed by atoms with Crippen LogP contribution in [0, 0.1) is 13.8 Å². The highest BCUT2D eigenvalue weighted by Crippen LogP contribution is 2.37. The van der Waals surface area contributed by atoms with E-state index in [1.807, 2.05) is 74.5 Å². The monoisotopic (exact) mass is 879 g/mol. The first-order valence-corrected chi connectivity index (χ1v) is 20.4. The highest BCUT2D eigenvalue weighted by atomic mass is 79.9. The van der Waals surface area contributed by atoms with Crippen molar-refractivity contribution in [3.63, 3.8) is 0 Å². The fourth-order valence-corrected chi connectivity index (χ4v) is 5.55. The lowest BCUT2D eigenvalue weighted by atomic mass is 9.98. The van der Waals surface area contributed by atoms with Crippen LogP contribution in [0.5, 0.6) is 17.2 Å². The smallest absolute Gasteiger partial charge is 0.407 e. The van der Waals surface area contributed by atoms with Crippen LogP contribution in [0.15, 0.2) is 65.1 Å². The molecular weight excluding hydrogens is 818 g/mol. The van der Waals surface area contributed by atoms with Gasteiger partial charge in [0.05, 0.1) is 116 Å². The number of carbonyl (C=O) groups is 1. The fourth-order valence-electron chi connectivity index (χ4n) is 5.09. The Hall–Kier alpha value is -3.35. The maximum Gasteiger partial charge on any atom is 0.407 e. The van der Waals surface area contributed by atoms with Crippen LogP contribution in [0.3, 0.4) is 0 Å². The van der Waals surface area contributed by atoms with E-state index in [0.29, 0.717) is 125 Å². The van der Waals surface area contributed by atoms with Gasteiger partial charge in [-0.25, -0.2) is 4.79 Å². The first-order chi connectivity index (χ1) is 28.1. The Kier molecular flexibility index (Phi) is 25.2. The molecule has 3 rings (SSSR count). The van der Waals surface area contributed by atoms with Crippen LogP contribution >= 0.6 is 15.9 Å². The van der Waals surface area contributed by atoms with Gasteiger partial charge in [-0.05, 0) is 90.1 Å². The molecule has 0 fully saturated rings. The average molecular weight is 881 g/mol. The second-order valence-electron chi connectivity index (χ2n) is 13.4. The van der Waals surface area contributed by atoms with Crippen LogP contribution in [0.1, 0.15) is 36.1 Å². The van der Waals surface area contributed by atoms with Gasteiger partial charge in [-0.1, -0.05) is 36.4 Å². The zero-order valence-corrected chi connectivity index (χ0v) is 36.0. The molecule has 3 aromatic rings. The summed E-state index contributed by atoms with van der Waals surface area (Å²) in [6.45, 7) is 15.8. The second kappa shape index (κ2) is 29.8. The van der Waals surface area contributed by atoms with Gasteiger partial charge < -0.3 is 62.5 Å². The topological polar surface area (TPSA) is 151 Å². The minimum absolute atomic E-state index is 0.233. The minimum Gasteiger partial charge on any atom is -0.491 e. The molecule has 0 heterocycles. The molecule has 0 spiro atoms. The van der Waals surface area contributed by atoms with Crippen LogP contribution in [-0.4, -0.2) is 130 Å². The van der Waals surface area contributed by atoms with Gasteiger partial charge in [0.15, 0.2) is 0 Å². The van der Waals surface area contributed by atoms with Crippen molar-refractivity contribution in [1.29, 1.82) is 0 Å². The van der Waals surface area contributed by atoms with E-state index in [0.717, 1.165) is 38.2 Å². The van der Waals surface area contributed by atoms with E-state index in [-0.39, 0.29) is 6.61 Å². The lowest BCUT2D eigenvalue weighted by Crippen LogP contribution is -2.28. The highest BCUT2D eigenvalue weighted by molar-refractivity contribution is 9.10. The summed E-state index contributed by atoms with van der Waals surface area (Å²) < 4.78 is 62.2. The number of amides is 1. The van der Waals surface area contributed by atoms with Gasteiger partial charge >= 0.3 is 6.09 Å². The van der Waals surface area contributed by atoms with Gasteiger partial charge in [0, 0.05) is 6.54 Å². The first-order valence-electron chi connectivity index (χ1n) is 19.6. The number of benzene rings is 3. The standard InChI is InChI=1S/C43H62BrNO13/c1-34-30-38(31-35(2)41(34)58-40-11-10-37(32-39(40)44)43(3,4)47)56-29-28-55-27-26-54-25-24-53-23-22-52-21-20-51-19-18-50-17-16-49-15-14-48-13-12-45-42(46)57-33-36-8-6-5-7-9-36/h5-11,30-32,47H,12-29,33H2,1-4H3,(H,45,46). The predicted molar refractivity (Wildman–Crippen MR) is 222 cm³/mol. The van der Waals surface area contributed by atoms with E-state index in [1.54, 1.807) is 13.8 Å². The van der Waals surface area contributed by atoms with Crippen molar-refractivity contribution in [2.45, 2.75) is 39.9 Å². The van der Waals surface area contributed by atoms with Crippen molar-refractivity contribution in [2.24, 2.45) is 0 Å². The molecule has 0 saturated carbocycles. The van der Waals surface area contributed by atoms with Gasteiger partial charge in [0.25, 0.3) is 0 Å². The van der Waals surface area contributed by atoms with Gasteiger partial charge in [0.2, 0.25) is 0 Å². The number of alkyl carbamates (subject to hydrolysis) is 1. The van der Waals surface area contributed by atoms with Gasteiger partial charge in [-0.15, -0.1) is 0 Å². The SMILES string of the molecule is Cc1cc(OCCOCCOCCOCCOCCOCCOCCOCCOCCNC(=O)OCc2ccccc2)cc(C)c1Oc1ccc(C(C)(C)O)cc1Br. The molecule has 0 bridgehead atoms. The lowest BCUT2D eigenvalue weighted by Gasteiger charge is -2.20. The normalized spacial score (nSPS) is 11.5. The van der Waals surface area contributed by atoms with Gasteiger partial charge in [-0.2, -0.15) is 0 Å². The summed E-state index contributed by atoms with van der Waals surface area (Å²) in [4.78, 5) is 11.7. The zero-order chi connectivity index (χ0) is 41.7. The number of aryl methyl sites for hydroxylation is 2. The van der Waals surface area contributed by atoms with E-state index in [4.69, 9.17) is 52.1 Å². The Morgan fingerprint density at radius 2 is 1.07 bits per heavy atom. The molecule has 0 aliphatic carbocycles. The van der Waals surface area contributed by atoms with Crippen molar-refractivity contribution in [3.05, 3.63) is 87.4 Å². The number of hydrogen-bond acceptors (Lipinski definition) is 13. The number of halogens is 1. The summed E-state index contributed by atoms with van der Waals surface area (Å²) in [6, 6.07) is 19.0. The van der Waals surface area contributed by atoms with Crippen molar-refractivity contribution in [1.82, 2.24) is 5.32 Å². The fraction of sp³-hybridized carbons (Fsp3) is 0.558. The van der Waals surface area contributed by atoms with Crippen molar-refractivity contribution < 1.29 is 62.0 Å². The van der Waals surface area contributed by atoms with E-state index >= 15 is 0 Å². The third-order valence-corrected chi connectivity index (χ3v) is 8.73. The summed E-state index contributed by atoms with van der Waals surface area (Å²) in [5.41, 5.74) is 2.70. The van der Waals surface area contributed by atoms with E-state index < -0.39 is 11.7 Å². The minimum atomic E-state index is -0.935. The van der Waals surface area contributed by atoms with Crippen LogP contribution in [0.2, 0.25) is 0 Å². The highest BCUT2D eigenvalue weighted by Gasteiger charge is 2.18. The maximum absolute atomic E-state index is 11.7. The van der Waals surface area contributed by atoms with E-state index in [9.17, 15) is 9.90 Å². The van der Waals surface area contributed by atoms with Crippen LogP contribution in [0.25, 0.3) is 0 Å². The molecule has 58 heavy (non-hydrogen) atoms. The van der Waals surface area contributed by atoms with Gasteiger partial charge in [0.1, 0.15) is 30.5 Å². The van der Waals surface area contributed by atoms with Crippen molar-refractivity contribution in [3.8, 4) is 17.2 Å². The number of ether oxygens (including phenoxy) is 11. The number of carbonyl (C=O) groups excluding carboxylic acids is 1. The maximum atomic E-state index is 11.7. The third-order valence-electron chi connectivity index (χ3n) is 8.11. The van der Waals surface area contributed by atoms with Gasteiger partial charge in [-0.3, -0.25) is 0 Å². The molecule has 0 aliphatic rings. The Morgan fingerprint density at radius 1 is 0.621 bits per heavy atom. The molecule has 0 radical (unpaired) electrons. The lowest BCUT2D eigenvalue weighted by molar-refractivity contribution is -0.0235. The molecule has 0 aliphatic heterocycles. The molecule has 0 unspecified atom stereocenters. The summed E-state index contributed by atoms with van der Waals surface area (Å²) in [7, 11) is 0. The number of aliphatic hydroxyl groups is 1. The molecule has 324 valence electrons. The molecule has 0 aromatic heterocycles. The van der Waals surface area contributed by atoms with Crippen LogP contribution in [0.4, 0.5) is 4.79 Å². The Bertz CT molecular complexity index is 1520. The van der Waals surface area contributed by atoms with Crippen LogP contribution in [-0.2, 0) is 54.8 Å². The van der Waals surface area contributed by atoms with E-state index in [1.165, 1.54) is 0 Å². The van der Waals surface area contributed by atoms with Crippen molar-refractivity contribution in [2.75, 3.05) is 119 Å². The second-order valence-corrected chi connectivity index (χ2v) is 14.3. The molecule has 1 amide bonds. The Morgan fingerprint density at radius 3 is 1.52 bits per heavy atom. The number of nitrogens with one attached hydrogen (secondary N) is 1. The third kappa shape index (κ3) is 22.1. The molecule has 3 aromatic carbocycles. The molecule has 14 nitrogen and oxygen atoms in total. The Labute approximate surface area is 351 Å². The van der Waals surface area contributed by atoms with Crippen molar-refractivity contribution >= 4 is 22.0 Å². The summed E-state index contributed by atoms with van der Waals surface area (Å²) in [5.74, 6) is 2.18. The molecule has 2 N–H and O–H groups in total. The average Bonchev–Trinajstić information content (AvgIpc) is 3.20. The largest absolute Gasteiger partial charge is 0.491 e. The summed E-state index contributed by atoms with van der Waals surface area (Å²) in [6.07, 6.45) is -0.473. The van der Waals surface area contributed by atoms with E-state index in [2.05, 4.69) is 21.2 Å². The molecular formula is C43H62BrNO13. The predicted octanol–water partition coefficient (Wildman–Crippen LogP) is 6.52. The van der Waals surface area contributed by atoms with Crippen LogP contribution < -0.4 is 14.8 Å². The summed E-state index contributed by atoms with van der Waals surface area (Å²) in [5, 5.41) is 12.9. The Balaban J connectivity index is 1.01. The molecule has 0 atom stereocenters. The zero-order valence-electron chi connectivity index (χ0n) is 34.4. The molecule has 15 heteroatoms. The number of rotatable bonds is 33.